The van der Waals surface area contributed by atoms with Gasteiger partial charge in [0.05, 0.1) is 6.61 Å². The summed E-state index contributed by atoms with van der Waals surface area (Å²) in [7, 11) is 0. The van der Waals surface area contributed by atoms with Crippen molar-refractivity contribution in [1.29, 1.82) is 0 Å². The van der Waals surface area contributed by atoms with E-state index in [1.807, 2.05) is 31.2 Å². The van der Waals surface area contributed by atoms with Crippen LogP contribution in [0.1, 0.15) is 13.8 Å². The molecule has 0 N–H and O–H groups in total. The lowest BCUT2D eigenvalue weighted by Gasteiger charge is -2.26. The number of ether oxygens (including phenoxy) is 1. The highest BCUT2D eigenvalue weighted by atomic mass is 127. The summed E-state index contributed by atoms with van der Waals surface area (Å²) in [5.74, 6) is 0.920. The molecular formula is C11H15INO-. The maximum Gasteiger partial charge on any atom is 0.119 e. The van der Waals surface area contributed by atoms with Crippen LogP contribution in [0.5, 0.6) is 5.75 Å². The van der Waals surface area contributed by atoms with Gasteiger partial charge in [-0.15, -0.1) is 6.04 Å². The van der Waals surface area contributed by atoms with Crippen LogP contribution < -0.4 is 4.74 Å². The number of hydrogen-bond acceptors (Lipinski definition) is 1. The third kappa shape index (κ3) is 4.28. The van der Waals surface area contributed by atoms with Crippen LogP contribution in [0.3, 0.4) is 0 Å². The lowest BCUT2D eigenvalue weighted by molar-refractivity contribution is 0.306. The van der Waals surface area contributed by atoms with Crippen LogP contribution >= 0.6 is 22.6 Å². The smallest absolute Gasteiger partial charge is 0.119 e. The highest BCUT2D eigenvalue weighted by Crippen LogP contribution is 2.14. The van der Waals surface area contributed by atoms with Gasteiger partial charge < -0.3 is 10.1 Å². The Hall–Kier alpha value is -0.290. The standard InChI is InChI=1S/C11H15INO/c1-3-13-9(2)8-14-11-6-4-10(12)5-7-11/h4-7,9H,3,8H2,1-2H3/q-1. The van der Waals surface area contributed by atoms with Crippen LogP contribution in [-0.2, 0) is 0 Å². The summed E-state index contributed by atoms with van der Waals surface area (Å²) in [6.07, 6.45) is 0. The number of nitrogens with zero attached hydrogens (tertiary/aromatic N) is 1. The molecule has 2 nitrogen and oxygen atoms in total. The first kappa shape index (κ1) is 11.8. The molecule has 0 aliphatic rings. The average molecular weight is 304 g/mol. The van der Waals surface area contributed by atoms with Gasteiger partial charge >= 0.3 is 0 Å². The molecule has 0 aliphatic heterocycles. The summed E-state index contributed by atoms with van der Waals surface area (Å²) in [5, 5.41) is 4.33. The highest BCUT2D eigenvalue weighted by Gasteiger charge is 1.94. The maximum atomic E-state index is 5.58. The summed E-state index contributed by atoms with van der Waals surface area (Å²) in [6.45, 7) is 5.63. The van der Waals surface area contributed by atoms with Crippen molar-refractivity contribution in [2.24, 2.45) is 0 Å². The van der Waals surface area contributed by atoms with Gasteiger partial charge in [0.2, 0.25) is 0 Å². The normalized spacial score (nSPS) is 12.5. The molecule has 1 rings (SSSR count). The van der Waals surface area contributed by atoms with Crippen molar-refractivity contribution in [3.63, 3.8) is 0 Å². The van der Waals surface area contributed by atoms with Gasteiger partial charge in [-0.1, -0.05) is 13.8 Å². The summed E-state index contributed by atoms with van der Waals surface area (Å²) in [4.78, 5) is 0. The van der Waals surface area contributed by atoms with Gasteiger partial charge in [-0.3, -0.25) is 0 Å². The molecule has 0 aliphatic carbocycles. The lowest BCUT2D eigenvalue weighted by Crippen LogP contribution is -2.13. The van der Waals surface area contributed by atoms with Crippen molar-refractivity contribution in [2.75, 3.05) is 13.2 Å². The fourth-order valence-electron chi connectivity index (χ4n) is 1.11. The van der Waals surface area contributed by atoms with Gasteiger partial charge in [0.15, 0.2) is 0 Å². The second-order valence-corrected chi connectivity index (χ2v) is 4.36. The van der Waals surface area contributed by atoms with Gasteiger partial charge in [0.25, 0.3) is 0 Å². The first-order valence-electron chi connectivity index (χ1n) is 4.77. The summed E-state index contributed by atoms with van der Waals surface area (Å²) < 4.78 is 6.80. The topological polar surface area (TPSA) is 23.3 Å². The fourth-order valence-corrected chi connectivity index (χ4v) is 1.47. The molecule has 78 valence electrons. The predicted octanol–water partition coefficient (Wildman–Crippen LogP) is 3.45. The van der Waals surface area contributed by atoms with Crippen LogP contribution in [0.4, 0.5) is 0 Å². The van der Waals surface area contributed by atoms with Crippen LogP contribution in [0, 0.1) is 3.57 Å². The molecule has 1 aromatic carbocycles. The Bertz CT molecular complexity index is 260. The van der Waals surface area contributed by atoms with E-state index < -0.39 is 0 Å². The summed E-state index contributed by atoms with van der Waals surface area (Å²) in [5.41, 5.74) is 0. The molecule has 0 bridgehead atoms. The molecular weight excluding hydrogens is 289 g/mol. The second kappa shape index (κ2) is 6.24. The molecule has 14 heavy (non-hydrogen) atoms. The van der Waals surface area contributed by atoms with Crippen LogP contribution in [0.15, 0.2) is 24.3 Å². The van der Waals surface area contributed by atoms with Crippen molar-refractivity contribution >= 4 is 22.6 Å². The van der Waals surface area contributed by atoms with E-state index in [0.29, 0.717) is 6.61 Å². The molecule has 0 fully saturated rings. The summed E-state index contributed by atoms with van der Waals surface area (Å²) in [6, 6.07) is 8.33. The third-order valence-corrected chi connectivity index (χ3v) is 2.52. The van der Waals surface area contributed by atoms with E-state index in [9.17, 15) is 0 Å². The van der Waals surface area contributed by atoms with Gasteiger partial charge in [-0.2, -0.15) is 6.54 Å². The minimum atomic E-state index is 0.277. The minimum absolute atomic E-state index is 0.277. The van der Waals surface area contributed by atoms with Crippen molar-refractivity contribution < 1.29 is 4.74 Å². The molecule has 0 aromatic heterocycles. The van der Waals surface area contributed by atoms with E-state index >= 15 is 0 Å². The minimum Gasteiger partial charge on any atom is -0.657 e. The molecule has 1 aromatic rings. The Balaban J connectivity index is 2.34. The largest absolute Gasteiger partial charge is 0.657 e. The van der Waals surface area contributed by atoms with Crippen molar-refractivity contribution in [3.8, 4) is 5.75 Å². The van der Waals surface area contributed by atoms with Gasteiger partial charge in [-0.05, 0) is 46.9 Å². The van der Waals surface area contributed by atoms with Gasteiger partial charge in [-0.25, -0.2) is 0 Å². The quantitative estimate of drug-likeness (QED) is 0.764. The number of halogens is 1. The Labute approximate surface area is 99.2 Å². The first-order chi connectivity index (χ1) is 6.72. The maximum absolute atomic E-state index is 5.58. The van der Waals surface area contributed by atoms with E-state index in [0.717, 1.165) is 12.3 Å². The molecule has 0 saturated heterocycles. The molecule has 0 spiro atoms. The fraction of sp³-hybridized carbons (Fsp3) is 0.455. The van der Waals surface area contributed by atoms with Crippen LogP contribution in [0.25, 0.3) is 5.32 Å². The number of benzene rings is 1. The van der Waals surface area contributed by atoms with Gasteiger partial charge in [0.1, 0.15) is 5.75 Å². The molecule has 0 radical (unpaired) electrons. The molecule has 3 heteroatoms. The van der Waals surface area contributed by atoms with E-state index in [-0.39, 0.29) is 6.04 Å². The number of hydrogen-bond donors (Lipinski definition) is 0. The van der Waals surface area contributed by atoms with E-state index in [4.69, 9.17) is 4.74 Å². The Kier molecular flexibility index (Phi) is 5.25. The Morgan fingerprint density at radius 1 is 1.36 bits per heavy atom. The molecule has 0 heterocycles. The van der Waals surface area contributed by atoms with Crippen molar-refractivity contribution in [3.05, 3.63) is 33.2 Å². The zero-order valence-corrected chi connectivity index (χ0v) is 10.7. The molecule has 0 saturated carbocycles. The average Bonchev–Trinajstić information content (AvgIpc) is 2.17. The highest BCUT2D eigenvalue weighted by molar-refractivity contribution is 14.1. The first-order valence-corrected chi connectivity index (χ1v) is 5.85. The zero-order chi connectivity index (χ0) is 10.4. The number of rotatable bonds is 5. The predicted molar refractivity (Wildman–Crippen MR) is 68.0 cm³/mol. The third-order valence-electron chi connectivity index (χ3n) is 1.80. The van der Waals surface area contributed by atoms with Crippen LogP contribution in [-0.4, -0.2) is 19.2 Å². The van der Waals surface area contributed by atoms with Crippen molar-refractivity contribution in [1.82, 2.24) is 0 Å². The SMILES string of the molecule is CC[N-]C(C)COc1ccc(I)cc1. The lowest BCUT2D eigenvalue weighted by atomic mass is 10.3. The summed E-state index contributed by atoms with van der Waals surface area (Å²) >= 11 is 2.28. The van der Waals surface area contributed by atoms with Crippen LogP contribution in [0.2, 0.25) is 0 Å². The molecule has 0 amide bonds. The number of likely N-dealkylation sites (N-methyl/N-ethyl adjacent to an activating group) is 1. The molecule has 1 unspecified atom stereocenters. The van der Waals surface area contributed by atoms with E-state index in [1.54, 1.807) is 0 Å². The zero-order valence-electron chi connectivity index (χ0n) is 8.53. The van der Waals surface area contributed by atoms with E-state index in [1.165, 1.54) is 3.57 Å². The van der Waals surface area contributed by atoms with E-state index in [2.05, 4.69) is 34.8 Å². The van der Waals surface area contributed by atoms with Gasteiger partial charge in [0, 0.05) is 3.57 Å². The Morgan fingerprint density at radius 2 is 2.00 bits per heavy atom. The second-order valence-electron chi connectivity index (χ2n) is 3.11. The monoisotopic (exact) mass is 304 g/mol. The molecule has 1 atom stereocenters. The van der Waals surface area contributed by atoms with Crippen molar-refractivity contribution in [2.45, 2.75) is 19.9 Å². The Morgan fingerprint density at radius 3 is 2.57 bits per heavy atom.